The number of rotatable bonds is 4. The van der Waals surface area contributed by atoms with Crippen LogP contribution in [0.15, 0.2) is 59.1 Å². The molecule has 1 aromatic heterocycles. The van der Waals surface area contributed by atoms with Crippen LogP contribution in [0.25, 0.3) is 0 Å². The van der Waals surface area contributed by atoms with Crippen molar-refractivity contribution in [2.75, 3.05) is 0 Å². The highest BCUT2D eigenvalue weighted by atomic mass is 16.5. The molecule has 106 valence electrons. The standard InChI is InChI=1S/C17H16N2O2/c1-12(17-18-13(2)19-21-17)14-7-6-10-16(11-14)20-15-8-4-3-5-9-15/h3-12H,1-2H3. The number of benzene rings is 2. The van der Waals surface area contributed by atoms with E-state index in [-0.39, 0.29) is 5.92 Å². The molecule has 0 aliphatic carbocycles. The van der Waals surface area contributed by atoms with Crippen molar-refractivity contribution < 1.29 is 9.26 Å². The number of aryl methyl sites for hydroxylation is 1. The molecule has 0 amide bonds. The van der Waals surface area contributed by atoms with Crippen molar-refractivity contribution >= 4 is 0 Å². The molecule has 3 aromatic rings. The van der Waals surface area contributed by atoms with Crippen molar-refractivity contribution in [2.45, 2.75) is 19.8 Å². The molecule has 21 heavy (non-hydrogen) atoms. The number of hydrogen-bond acceptors (Lipinski definition) is 4. The summed E-state index contributed by atoms with van der Waals surface area (Å²) in [6, 6.07) is 17.6. The Hall–Kier alpha value is -2.62. The molecule has 1 atom stereocenters. The number of para-hydroxylation sites is 1. The predicted molar refractivity (Wildman–Crippen MR) is 79.5 cm³/mol. The van der Waals surface area contributed by atoms with Gasteiger partial charge in [-0.1, -0.05) is 35.5 Å². The van der Waals surface area contributed by atoms with Crippen LogP contribution in [0.1, 0.15) is 30.1 Å². The number of ether oxygens (including phenoxy) is 1. The highest BCUT2D eigenvalue weighted by Crippen LogP contribution is 2.28. The van der Waals surface area contributed by atoms with E-state index in [0.29, 0.717) is 11.7 Å². The molecule has 0 N–H and O–H groups in total. The Morgan fingerprint density at radius 3 is 2.48 bits per heavy atom. The van der Waals surface area contributed by atoms with E-state index >= 15 is 0 Å². The zero-order chi connectivity index (χ0) is 14.7. The summed E-state index contributed by atoms with van der Waals surface area (Å²) < 4.78 is 11.1. The molecule has 2 aromatic carbocycles. The van der Waals surface area contributed by atoms with Crippen LogP contribution < -0.4 is 4.74 Å². The molecule has 0 saturated heterocycles. The Morgan fingerprint density at radius 1 is 1.00 bits per heavy atom. The van der Waals surface area contributed by atoms with Gasteiger partial charge in [0.05, 0.1) is 5.92 Å². The molecular formula is C17H16N2O2. The van der Waals surface area contributed by atoms with Crippen LogP contribution in [0.3, 0.4) is 0 Å². The summed E-state index contributed by atoms with van der Waals surface area (Å²) in [7, 11) is 0. The van der Waals surface area contributed by atoms with Gasteiger partial charge in [-0.05, 0) is 43.7 Å². The van der Waals surface area contributed by atoms with Crippen molar-refractivity contribution in [1.82, 2.24) is 10.1 Å². The van der Waals surface area contributed by atoms with Gasteiger partial charge in [0, 0.05) is 0 Å². The molecule has 1 unspecified atom stereocenters. The Morgan fingerprint density at radius 2 is 1.76 bits per heavy atom. The Kier molecular flexibility index (Phi) is 3.69. The van der Waals surface area contributed by atoms with E-state index in [4.69, 9.17) is 9.26 Å². The second-order valence-electron chi connectivity index (χ2n) is 4.89. The molecule has 3 rings (SSSR count). The third-order valence-corrected chi connectivity index (χ3v) is 3.25. The van der Waals surface area contributed by atoms with Crippen molar-refractivity contribution in [2.24, 2.45) is 0 Å². The van der Waals surface area contributed by atoms with Crippen LogP contribution in [0, 0.1) is 6.92 Å². The first-order valence-corrected chi connectivity index (χ1v) is 6.85. The fourth-order valence-electron chi connectivity index (χ4n) is 2.10. The summed E-state index contributed by atoms with van der Waals surface area (Å²) in [5.74, 6) is 2.90. The molecule has 1 heterocycles. The minimum absolute atomic E-state index is 0.0329. The minimum atomic E-state index is 0.0329. The average Bonchev–Trinajstić information content (AvgIpc) is 2.94. The fraction of sp³-hybridized carbons (Fsp3) is 0.176. The fourth-order valence-corrected chi connectivity index (χ4v) is 2.10. The molecule has 0 bridgehead atoms. The van der Waals surface area contributed by atoms with Gasteiger partial charge in [0.2, 0.25) is 5.89 Å². The van der Waals surface area contributed by atoms with Crippen molar-refractivity contribution in [3.8, 4) is 11.5 Å². The predicted octanol–water partition coefficient (Wildman–Crippen LogP) is 4.32. The van der Waals surface area contributed by atoms with Crippen LogP contribution in [0.2, 0.25) is 0 Å². The molecule has 0 aliphatic heterocycles. The SMILES string of the molecule is Cc1noc(C(C)c2cccc(Oc3ccccc3)c2)n1. The third-order valence-electron chi connectivity index (χ3n) is 3.25. The normalized spacial score (nSPS) is 12.1. The summed E-state index contributed by atoms with van der Waals surface area (Å²) in [5.41, 5.74) is 1.08. The van der Waals surface area contributed by atoms with E-state index in [1.807, 2.05) is 68.4 Å². The maximum absolute atomic E-state index is 5.84. The van der Waals surface area contributed by atoms with E-state index < -0.39 is 0 Å². The quantitative estimate of drug-likeness (QED) is 0.714. The Balaban J connectivity index is 1.83. The lowest BCUT2D eigenvalue weighted by molar-refractivity contribution is 0.367. The second kappa shape index (κ2) is 5.79. The summed E-state index contributed by atoms with van der Waals surface area (Å²) in [5, 5.41) is 3.84. The lowest BCUT2D eigenvalue weighted by Crippen LogP contribution is -1.97. The average molecular weight is 280 g/mol. The van der Waals surface area contributed by atoms with Gasteiger partial charge in [0.1, 0.15) is 11.5 Å². The highest BCUT2D eigenvalue weighted by molar-refractivity contribution is 5.36. The van der Waals surface area contributed by atoms with Crippen LogP contribution in [0.4, 0.5) is 0 Å². The van der Waals surface area contributed by atoms with Gasteiger partial charge < -0.3 is 9.26 Å². The first-order chi connectivity index (χ1) is 10.2. The summed E-state index contributed by atoms with van der Waals surface area (Å²) in [6.07, 6.45) is 0. The van der Waals surface area contributed by atoms with Crippen LogP contribution in [-0.2, 0) is 0 Å². The van der Waals surface area contributed by atoms with Crippen molar-refractivity contribution in [1.29, 1.82) is 0 Å². The zero-order valence-electron chi connectivity index (χ0n) is 12.0. The molecule has 0 spiro atoms. The van der Waals surface area contributed by atoms with Crippen LogP contribution in [-0.4, -0.2) is 10.1 Å². The molecule has 0 fully saturated rings. The second-order valence-corrected chi connectivity index (χ2v) is 4.89. The number of hydrogen-bond donors (Lipinski definition) is 0. The van der Waals surface area contributed by atoms with Gasteiger partial charge in [-0.15, -0.1) is 0 Å². The Labute approximate surface area is 123 Å². The third kappa shape index (κ3) is 3.11. The van der Waals surface area contributed by atoms with Gasteiger partial charge in [-0.25, -0.2) is 0 Å². The lowest BCUT2D eigenvalue weighted by atomic mass is 10.0. The monoisotopic (exact) mass is 280 g/mol. The van der Waals surface area contributed by atoms with Gasteiger partial charge in [-0.2, -0.15) is 4.98 Å². The Bertz CT molecular complexity index is 722. The number of aromatic nitrogens is 2. The molecule has 0 saturated carbocycles. The molecule has 0 aliphatic rings. The van der Waals surface area contributed by atoms with E-state index in [0.717, 1.165) is 17.1 Å². The van der Waals surface area contributed by atoms with Gasteiger partial charge in [-0.3, -0.25) is 0 Å². The smallest absolute Gasteiger partial charge is 0.233 e. The lowest BCUT2D eigenvalue weighted by Gasteiger charge is -2.10. The highest BCUT2D eigenvalue weighted by Gasteiger charge is 2.15. The molecule has 4 nitrogen and oxygen atoms in total. The van der Waals surface area contributed by atoms with E-state index in [1.165, 1.54) is 0 Å². The number of nitrogens with zero attached hydrogens (tertiary/aromatic N) is 2. The summed E-state index contributed by atoms with van der Waals surface area (Å²) in [6.45, 7) is 3.85. The zero-order valence-corrected chi connectivity index (χ0v) is 12.0. The van der Waals surface area contributed by atoms with Crippen LogP contribution in [0.5, 0.6) is 11.5 Å². The molecule has 4 heteroatoms. The van der Waals surface area contributed by atoms with E-state index in [2.05, 4.69) is 10.1 Å². The van der Waals surface area contributed by atoms with Crippen molar-refractivity contribution in [3.63, 3.8) is 0 Å². The van der Waals surface area contributed by atoms with E-state index in [9.17, 15) is 0 Å². The van der Waals surface area contributed by atoms with E-state index in [1.54, 1.807) is 0 Å². The van der Waals surface area contributed by atoms with Crippen molar-refractivity contribution in [3.05, 3.63) is 71.9 Å². The topological polar surface area (TPSA) is 48.2 Å². The maximum atomic E-state index is 5.84. The van der Waals surface area contributed by atoms with Gasteiger partial charge in [0.15, 0.2) is 5.82 Å². The first kappa shape index (κ1) is 13.4. The summed E-state index contributed by atoms with van der Waals surface area (Å²) in [4.78, 5) is 4.28. The first-order valence-electron chi connectivity index (χ1n) is 6.85. The molecule has 0 radical (unpaired) electrons. The minimum Gasteiger partial charge on any atom is -0.457 e. The van der Waals surface area contributed by atoms with Crippen LogP contribution >= 0.6 is 0 Å². The largest absolute Gasteiger partial charge is 0.457 e. The van der Waals surface area contributed by atoms with Gasteiger partial charge in [0.25, 0.3) is 0 Å². The van der Waals surface area contributed by atoms with Gasteiger partial charge >= 0.3 is 0 Å². The summed E-state index contributed by atoms with van der Waals surface area (Å²) >= 11 is 0. The maximum Gasteiger partial charge on any atom is 0.233 e. The molecular weight excluding hydrogens is 264 g/mol.